The second-order valence-corrected chi connectivity index (χ2v) is 16.8. The Morgan fingerprint density at radius 2 is 1.21 bits per heavy atom. The van der Waals surface area contributed by atoms with Gasteiger partial charge in [0.2, 0.25) is 11.8 Å². The van der Waals surface area contributed by atoms with E-state index in [1.54, 1.807) is 0 Å². The minimum Gasteiger partial charge on any atom is -0.477 e. The Kier molecular flexibility index (Phi) is 18.6. The molecule has 17 N–H and O–H groups in total. The first kappa shape index (κ1) is 54.4. The lowest BCUT2D eigenvalue weighted by Gasteiger charge is -2.50. The highest BCUT2D eigenvalue weighted by molar-refractivity contribution is 5.76. The summed E-state index contributed by atoms with van der Waals surface area (Å²) in [5.41, 5.74) is 0. The summed E-state index contributed by atoms with van der Waals surface area (Å²) in [6.45, 7) is 1.54. The molecule has 2 amide bonds. The Morgan fingerprint density at radius 1 is 0.636 bits per heavy atom. The van der Waals surface area contributed by atoms with E-state index in [4.69, 9.17) is 42.6 Å². The van der Waals surface area contributed by atoms with Crippen molar-refractivity contribution < 1.29 is 134 Å². The fraction of sp³-hybridized carbons (Fsp3) is 0.919. The molecule has 5 heterocycles. The zero-order valence-corrected chi connectivity index (χ0v) is 35.9. The maximum atomic E-state index is 13.2. The first-order valence-electron chi connectivity index (χ1n) is 20.9. The van der Waals surface area contributed by atoms with Crippen LogP contribution in [-0.2, 0) is 57.0 Å². The molecule has 5 rings (SSSR count). The summed E-state index contributed by atoms with van der Waals surface area (Å²) in [5, 5.41) is 165. The van der Waals surface area contributed by atoms with Crippen LogP contribution in [0.1, 0.15) is 34.1 Å². The number of carboxylic acid groups (broad SMARTS) is 1. The van der Waals surface area contributed by atoms with Gasteiger partial charge in [-0.05, 0) is 13.8 Å². The number of aliphatic carboxylic acids is 1. The molecule has 382 valence electrons. The van der Waals surface area contributed by atoms with Crippen molar-refractivity contribution in [3.63, 3.8) is 0 Å². The van der Waals surface area contributed by atoms with Crippen molar-refractivity contribution in [2.75, 3.05) is 19.8 Å². The number of nitrogens with one attached hydrogen (secondary N) is 2. The number of ether oxygens (including phenoxy) is 9. The summed E-state index contributed by atoms with van der Waals surface area (Å²) < 4.78 is 50.9. The number of carbonyl (C=O) groups is 3. The van der Waals surface area contributed by atoms with Crippen molar-refractivity contribution in [3.05, 3.63) is 0 Å². The Morgan fingerprint density at radius 3 is 1.79 bits per heavy atom. The molecule has 0 aromatic rings. The molecule has 0 bridgehead atoms. The maximum absolute atomic E-state index is 13.2. The molecule has 5 fully saturated rings. The van der Waals surface area contributed by atoms with Crippen LogP contribution in [0.15, 0.2) is 0 Å². The number of rotatable bonds is 16. The van der Waals surface area contributed by atoms with Crippen LogP contribution in [0.5, 0.6) is 0 Å². The molecule has 5 saturated heterocycles. The average molecular weight is 967 g/mol. The minimum atomic E-state index is -3.10. The molecular formula is C37H62N2O27. The largest absolute Gasteiger partial charge is 0.477 e. The SMILES string of the molecule is CC(=O)N[C@@H]1[C@@H](O[C@@H]2O[C@H](CO)[C@@H](O)[C@H](O)[C@H]2NC(C)=O)[C@@H](O)[C@@H](CO[C@]2(C(=O)O)C[C@H](O[C@@H]3O[C@@H](C)[C@@H](O)[C@@H](O[C@@H]4O[C@@H](C)[C@@H](O)[C@@H](O)[C@@H]4O)[C@@H]3O)[C@@H](O)[C@H]([C@H](O)[C@H](O)CO)O2)O[C@H]1O. The Hall–Kier alpha value is -2.51. The molecule has 0 radical (unpaired) electrons. The molecule has 26 atom stereocenters. The molecule has 0 spiro atoms. The lowest BCUT2D eigenvalue weighted by Crippen LogP contribution is -2.70. The van der Waals surface area contributed by atoms with E-state index in [1.807, 2.05) is 0 Å². The third-order valence-electron chi connectivity index (χ3n) is 12.0. The predicted octanol–water partition coefficient (Wildman–Crippen LogP) is -10.4. The summed E-state index contributed by atoms with van der Waals surface area (Å²) in [4.78, 5) is 37.5. The van der Waals surface area contributed by atoms with Crippen molar-refractivity contribution in [3.8, 4) is 0 Å². The van der Waals surface area contributed by atoms with E-state index in [2.05, 4.69) is 10.6 Å². The molecule has 0 aromatic carbocycles. The summed E-state index contributed by atoms with van der Waals surface area (Å²) in [5.74, 6) is -6.67. The van der Waals surface area contributed by atoms with Gasteiger partial charge in [0, 0.05) is 20.3 Å². The third kappa shape index (κ3) is 11.6. The van der Waals surface area contributed by atoms with Gasteiger partial charge in [0.15, 0.2) is 25.2 Å². The van der Waals surface area contributed by atoms with Crippen LogP contribution in [0, 0.1) is 0 Å². The van der Waals surface area contributed by atoms with Crippen molar-refractivity contribution in [1.29, 1.82) is 0 Å². The van der Waals surface area contributed by atoms with Crippen molar-refractivity contribution in [2.24, 2.45) is 0 Å². The quantitative estimate of drug-likeness (QED) is 0.0683. The van der Waals surface area contributed by atoms with E-state index in [9.17, 15) is 91.0 Å². The predicted molar refractivity (Wildman–Crippen MR) is 204 cm³/mol. The number of hydrogen-bond donors (Lipinski definition) is 17. The van der Waals surface area contributed by atoms with Gasteiger partial charge in [0.05, 0.1) is 38.1 Å². The lowest BCUT2D eigenvalue weighted by molar-refractivity contribution is -0.380. The maximum Gasteiger partial charge on any atom is 0.364 e. The van der Waals surface area contributed by atoms with Gasteiger partial charge in [0.1, 0.15) is 110 Å². The van der Waals surface area contributed by atoms with Crippen LogP contribution in [0.4, 0.5) is 0 Å². The molecule has 29 nitrogen and oxygen atoms in total. The number of carboxylic acids is 1. The monoisotopic (exact) mass is 966 g/mol. The number of amides is 2. The summed E-state index contributed by atoms with van der Waals surface area (Å²) >= 11 is 0. The van der Waals surface area contributed by atoms with Crippen LogP contribution in [0.2, 0.25) is 0 Å². The van der Waals surface area contributed by atoms with E-state index in [0.29, 0.717) is 0 Å². The van der Waals surface area contributed by atoms with E-state index in [0.717, 1.165) is 13.8 Å². The highest BCUT2D eigenvalue weighted by Crippen LogP contribution is 2.39. The zero-order chi connectivity index (χ0) is 49.3. The molecule has 5 aliphatic heterocycles. The standard InChI is InChI=1S/C37H62N2O27/c1-9-19(45)26(52)27(53)34(59-9)65-30-20(46)10(2)60-35(28(30)54)62-14-5-37(36(56)57,66-31(23(14)49)21(47)13(44)6-40)58-8-16-24(50)29(18(32(55)61-16)39-12(4)43)64-33-17(38-11(3)42)25(51)22(48)15(7-41)63-33/h9-10,13-35,40-41,44-55H,5-8H2,1-4H3,(H,38,42)(H,39,43)(H,56,57)/t9-,10-,13+,14-,15+,16+,17+,18+,19+,20+,21+,22+,23+,24-,25+,26+,27-,28-,29+,30+,31-,32+,33-,34-,35-,37+/m0/s1. The van der Waals surface area contributed by atoms with E-state index >= 15 is 0 Å². The first-order valence-corrected chi connectivity index (χ1v) is 20.9. The van der Waals surface area contributed by atoms with Crippen LogP contribution in [0.3, 0.4) is 0 Å². The molecule has 29 heteroatoms. The van der Waals surface area contributed by atoms with E-state index in [-0.39, 0.29) is 0 Å². The van der Waals surface area contributed by atoms with Gasteiger partial charge >= 0.3 is 5.97 Å². The topological polar surface area (TPSA) is 462 Å². The van der Waals surface area contributed by atoms with Gasteiger partial charge < -0.3 is 130 Å². The number of hydrogen-bond acceptors (Lipinski definition) is 26. The number of aliphatic hydroxyl groups excluding tert-OH is 14. The first-order chi connectivity index (χ1) is 30.9. The molecule has 0 unspecified atom stereocenters. The van der Waals surface area contributed by atoms with Gasteiger partial charge in [0.25, 0.3) is 5.79 Å². The van der Waals surface area contributed by atoms with Gasteiger partial charge in [-0.25, -0.2) is 4.79 Å². The Bertz CT molecular complexity index is 1620. The molecule has 5 aliphatic rings. The van der Waals surface area contributed by atoms with Gasteiger partial charge in [-0.1, -0.05) is 0 Å². The lowest BCUT2D eigenvalue weighted by atomic mass is 9.90. The summed E-state index contributed by atoms with van der Waals surface area (Å²) in [6.07, 6.45) is -43.6. The van der Waals surface area contributed by atoms with Crippen LogP contribution in [0.25, 0.3) is 0 Å². The molecular weight excluding hydrogens is 904 g/mol. The van der Waals surface area contributed by atoms with Gasteiger partial charge in [-0.3, -0.25) is 9.59 Å². The Balaban J connectivity index is 1.42. The molecule has 66 heavy (non-hydrogen) atoms. The second-order valence-electron chi connectivity index (χ2n) is 16.8. The normalized spacial score (nSPS) is 47.6. The van der Waals surface area contributed by atoms with Gasteiger partial charge in [-0.2, -0.15) is 0 Å². The highest BCUT2D eigenvalue weighted by Gasteiger charge is 2.59. The highest BCUT2D eigenvalue weighted by atomic mass is 16.8. The summed E-state index contributed by atoms with van der Waals surface area (Å²) in [6, 6.07) is -3.27. The Labute approximate surface area is 374 Å². The van der Waals surface area contributed by atoms with Crippen molar-refractivity contribution in [1.82, 2.24) is 10.6 Å². The van der Waals surface area contributed by atoms with E-state index in [1.165, 1.54) is 13.8 Å². The molecule has 0 aromatic heterocycles. The fourth-order valence-electron chi connectivity index (χ4n) is 8.26. The van der Waals surface area contributed by atoms with Crippen LogP contribution >= 0.6 is 0 Å². The van der Waals surface area contributed by atoms with Crippen LogP contribution < -0.4 is 10.6 Å². The summed E-state index contributed by atoms with van der Waals surface area (Å²) in [7, 11) is 0. The average Bonchev–Trinajstić information content (AvgIpc) is 3.26. The smallest absolute Gasteiger partial charge is 0.364 e. The zero-order valence-electron chi connectivity index (χ0n) is 35.9. The fourth-order valence-corrected chi connectivity index (χ4v) is 8.26. The van der Waals surface area contributed by atoms with Gasteiger partial charge in [-0.15, -0.1) is 0 Å². The van der Waals surface area contributed by atoms with Crippen LogP contribution in [-0.4, -0.2) is 273 Å². The minimum absolute atomic E-state index is 0.757. The number of aliphatic hydroxyl groups is 14. The number of carbonyl (C=O) groups excluding carboxylic acids is 2. The second kappa shape index (κ2) is 22.5. The molecule has 0 aliphatic carbocycles. The van der Waals surface area contributed by atoms with E-state index < -0.39 is 203 Å². The molecule has 0 saturated carbocycles. The van der Waals surface area contributed by atoms with Crippen molar-refractivity contribution >= 4 is 17.8 Å². The van der Waals surface area contributed by atoms with Crippen molar-refractivity contribution in [2.45, 2.75) is 193 Å². The third-order valence-corrected chi connectivity index (χ3v) is 12.0.